The Morgan fingerprint density at radius 2 is 2.00 bits per heavy atom. The van der Waals surface area contributed by atoms with E-state index in [1.165, 1.54) is 0 Å². The third-order valence-corrected chi connectivity index (χ3v) is 4.06. The molecule has 98 valence electrons. The highest BCUT2D eigenvalue weighted by molar-refractivity contribution is 5.79. The highest BCUT2D eigenvalue weighted by atomic mass is 16.5. The van der Waals surface area contributed by atoms with Crippen LogP contribution in [-0.2, 0) is 9.53 Å². The predicted molar refractivity (Wildman–Crippen MR) is 66.8 cm³/mol. The molecule has 0 spiro atoms. The molecule has 0 aromatic carbocycles. The van der Waals surface area contributed by atoms with Gasteiger partial charge in [-0.2, -0.15) is 0 Å². The summed E-state index contributed by atoms with van der Waals surface area (Å²) in [6.45, 7) is 4.73. The van der Waals surface area contributed by atoms with Crippen molar-refractivity contribution in [3.8, 4) is 0 Å². The number of rotatable bonds is 2. The van der Waals surface area contributed by atoms with E-state index in [-0.39, 0.29) is 5.92 Å². The molecule has 2 atom stereocenters. The summed E-state index contributed by atoms with van der Waals surface area (Å²) < 4.78 is 5.34. The van der Waals surface area contributed by atoms with Crippen molar-refractivity contribution in [3.05, 3.63) is 0 Å². The molecule has 0 aromatic rings. The van der Waals surface area contributed by atoms with Gasteiger partial charge in [-0.05, 0) is 39.2 Å². The largest absolute Gasteiger partial charge is 0.381 e. The van der Waals surface area contributed by atoms with E-state index < -0.39 is 0 Å². The van der Waals surface area contributed by atoms with Crippen LogP contribution in [0.1, 0.15) is 32.6 Å². The van der Waals surface area contributed by atoms with Gasteiger partial charge in [0.05, 0.1) is 0 Å². The molecule has 0 aromatic heterocycles. The minimum Gasteiger partial charge on any atom is -0.381 e. The third-order valence-electron chi connectivity index (χ3n) is 4.06. The Balaban J connectivity index is 1.89. The monoisotopic (exact) mass is 240 g/mol. The Morgan fingerprint density at radius 3 is 2.65 bits per heavy atom. The third kappa shape index (κ3) is 3.19. The van der Waals surface area contributed by atoms with Gasteiger partial charge in [0, 0.05) is 38.3 Å². The van der Waals surface area contributed by atoms with Crippen molar-refractivity contribution in [2.24, 2.45) is 5.92 Å². The van der Waals surface area contributed by atoms with E-state index in [2.05, 4.69) is 12.2 Å². The number of hydrogen-bond acceptors (Lipinski definition) is 3. The average Bonchev–Trinajstić information content (AvgIpc) is 2.38. The SMILES string of the molecule is CC1CC(C(=O)N(C)C2CCOCC2)CCN1. The van der Waals surface area contributed by atoms with Crippen molar-refractivity contribution in [3.63, 3.8) is 0 Å². The number of carbonyl (C=O) groups is 1. The van der Waals surface area contributed by atoms with Crippen molar-refractivity contribution in [2.75, 3.05) is 26.8 Å². The van der Waals surface area contributed by atoms with Gasteiger partial charge in [0.1, 0.15) is 0 Å². The zero-order valence-corrected chi connectivity index (χ0v) is 10.9. The lowest BCUT2D eigenvalue weighted by Crippen LogP contribution is -2.47. The summed E-state index contributed by atoms with van der Waals surface area (Å²) in [5.41, 5.74) is 0. The molecule has 4 nitrogen and oxygen atoms in total. The lowest BCUT2D eigenvalue weighted by Gasteiger charge is -2.36. The van der Waals surface area contributed by atoms with Crippen LogP contribution >= 0.6 is 0 Å². The number of nitrogens with one attached hydrogen (secondary N) is 1. The van der Waals surface area contributed by atoms with Gasteiger partial charge in [-0.15, -0.1) is 0 Å². The summed E-state index contributed by atoms with van der Waals surface area (Å²) in [7, 11) is 1.96. The van der Waals surface area contributed by atoms with E-state index in [0.29, 0.717) is 18.0 Å². The van der Waals surface area contributed by atoms with E-state index in [1.807, 2.05) is 11.9 Å². The summed E-state index contributed by atoms with van der Waals surface area (Å²) >= 11 is 0. The molecule has 2 aliphatic rings. The summed E-state index contributed by atoms with van der Waals surface area (Å²) in [5, 5.41) is 3.39. The van der Waals surface area contributed by atoms with Gasteiger partial charge in [0.15, 0.2) is 0 Å². The molecular formula is C13H24N2O2. The van der Waals surface area contributed by atoms with Crippen LogP contribution in [0.25, 0.3) is 0 Å². The smallest absolute Gasteiger partial charge is 0.225 e. The number of carbonyl (C=O) groups excluding carboxylic acids is 1. The highest BCUT2D eigenvalue weighted by Crippen LogP contribution is 2.21. The zero-order valence-electron chi connectivity index (χ0n) is 10.9. The minimum atomic E-state index is 0.221. The van der Waals surface area contributed by atoms with E-state index in [0.717, 1.165) is 45.4 Å². The molecule has 17 heavy (non-hydrogen) atoms. The summed E-state index contributed by atoms with van der Waals surface area (Å²) in [6, 6.07) is 0.863. The first-order chi connectivity index (χ1) is 8.18. The first kappa shape index (κ1) is 12.8. The van der Waals surface area contributed by atoms with Crippen LogP contribution in [0, 0.1) is 5.92 Å². The first-order valence-corrected chi connectivity index (χ1v) is 6.76. The second kappa shape index (κ2) is 5.83. The van der Waals surface area contributed by atoms with Crippen molar-refractivity contribution < 1.29 is 9.53 Å². The van der Waals surface area contributed by atoms with E-state index in [1.54, 1.807) is 0 Å². The van der Waals surface area contributed by atoms with Crippen LogP contribution in [0.4, 0.5) is 0 Å². The maximum absolute atomic E-state index is 12.4. The van der Waals surface area contributed by atoms with Gasteiger partial charge in [-0.1, -0.05) is 0 Å². The Morgan fingerprint density at radius 1 is 1.29 bits per heavy atom. The quantitative estimate of drug-likeness (QED) is 0.783. The van der Waals surface area contributed by atoms with Gasteiger partial charge < -0.3 is 15.0 Å². The fourth-order valence-electron chi connectivity index (χ4n) is 2.90. The van der Waals surface area contributed by atoms with Crippen molar-refractivity contribution in [1.82, 2.24) is 10.2 Å². The number of hydrogen-bond donors (Lipinski definition) is 1. The van der Waals surface area contributed by atoms with Gasteiger partial charge in [-0.25, -0.2) is 0 Å². The maximum atomic E-state index is 12.4. The molecule has 0 bridgehead atoms. The Bertz CT molecular complexity index is 264. The van der Waals surface area contributed by atoms with Crippen LogP contribution < -0.4 is 5.32 Å². The highest BCUT2D eigenvalue weighted by Gasteiger charge is 2.30. The molecule has 2 aliphatic heterocycles. The standard InChI is InChI=1S/C13H24N2O2/c1-10-9-11(3-6-14-10)13(16)15(2)12-4-7-17-8-5-12/h10-12,14H,3-9H2,1-2H3. The molecule has 4 heteroatoms. The number of nitrogens with zero attached hydrogens (tertiary/aromatic N) is 1. The number of piperidine rings is 1. The average molecular weight is 240 g/mol. The van der Waals surface area contributed by atoms with Crippen LogP contribution in [0.5, 0.6) is 0 Å². The predicted octanol–water partition coefficient (Wildman–Crippen LogP) is 1.01. The van der Waals surface area contributed by atoms with Crippen molar-refractivity contribution in [2.45, 2.75) is 44.7 Å². The van der Waals surface area contributed by atoms with Gasteiger partial charge in [-0.3, -0.25) is 4.79 Å². The summed E-state index contributed by atoms with van der Waals surface area (Å²) in [5.74, 6) is 0.560. The molecular weight excluding hydrogens is 216 g/mol. The van der Waals surface area contributed by atoms with E-state index in [9.17, 15) is 4.79 Å². The lowest BCUT2D eigenvalue weighted by atomic mass is 9.91. The maximum Gasteiger partial charge on any atom is 0.225 e. The van der Waals surface area contributed by atoms with E-state index >= 15 is 0 Å². The van der Waals surface area contributed by atoms with Crippen molar-refractivity contribution in [1.29, 1.82) is 0 Å². The molecule has 1 N–H and O–H groups in total. The van der Waals surface area contributed by atoms with Crippen LogP contribution in [0.2, 0.25) is 0 Å². The molecule has 2 fully saturated rings. The fraction of sp³-hybridized carbons (Fsp3) is 0.923. The summed E-state index contributed by atoms with van der Waals surface area (Å²) in [6.07, 6.45) is 3.94. The normalized spacial score (nSPS) is 31.2. The summed E-state index contributed by atoms with van der Waals surface area (Å²) in [4.78, 5) is 14.4. The first-order valence-electron chi connectivity index (χ1n) is 6.76. The van der Waals surface area contributed by atoms with E-state index in [4.69, 9.17) is 4.74 Å². The lowest BCUT2D eigenvalue weighted by molar-refractivity contribution is -0.139. The van der Waals surface area contributed by atoms with Crippen LogP contribution in [0.15, 0.2) is 0 Å². The second-order valence-corrected chi connectivity index (χ2v) is 5.37. The molecule has 2 saturated heterocycles. The fourth-order valence-corrected chi connectivity index (χ4v) is 2.90. The molecule has 1 amide bonds. The van der Waals surface area contributed by atoms with Gasteiger partial charge >= 0.3 is 0 Å². The van der Waals surface area contributed by atoms with Crippen LogP contribution in [0.3, 0.4) is 0 Å². The molecule has 0 radical (unpaired) electrons. The minimum absolute atomic E-state index is 0.221. The van der Waals surface area contributed by atoms with Gasteiger partial charge in [0.25, 0.3) is 0 Å². The number of ether oxygens (including phenoxy) is 1. The second-order valence-electron chi connectivity index (χ2n) is 5.37. The van der Waals surface area contributed by atoms with Crippen molar-refractivity contribution >= 4 is 5.91 Å². The van der Waals surface area contributed by atoms with Crippen LogP contribution in [-0.4, -0.2) is 49.7 Å². The molecule has 0 saturated carbocycles. The Hall–Kier alpha value is -0.610. The number of amides is 1. The molecule has 2 rings (SSSR count). The van der Waals surface area contributed by atoms with Gasteiger partial charge in [0.2, 0.25) is 5.91 Å². The molecule has 2 unspecified atom stereocenters. The Kier molecular flexibility index (Phi) is 4.40. The Labute approximate surface area is 104 Å². The topological polar surface area (TPSA) is 41.6 Å². The molecule has 0 aliphatic carbocycles. The zero-order chi connectivity index (χ0) is 12.3. The molecule has 2 heterocycles.